The first-order valence-corrected chi connectivity index (χ1v) is 13.9. The van der Waals surface area contributed by atoms with Gasteiger partial charge in [-0.15, -0.1) is 0 Å². The van der Waals surface area contributed by atoms with E-state index in [-0.39, 0.29) is 9.32 Å². The summed E-state index contributed by atoms with van der Waals surface area (Å²) in [6.45, 7) is 5.08. The predicted molar refractivity (Wildman–Crippen MR) is 138 cm³/mol. The molecule has 0 aliphatic carbocycles. The zero-order chi connectivity index (χ0) is 27.5. The number of aliphatic hydroxyl groups is 1. The number of rotatable bonds is 10. The lowest BCUT2D eigenvalue weighted by atomic mass is 9.98. The van der Waals surface area contributed by atoms with E-state index in [0.29, 0.717) is 0 Å². The van der Waals surface area contributed by atoms with Gasteiger partial charge in [-0.05, 0) is 62.4 Å². The number of nitrogens with one attached hydrogen (secondary N) is 2. The molecule has 2 heterocycles. The molecule has 2 aromatic rings. The van der Waals surface area contributed by atoms with Gasteiger partial charge in [-0.25, -0.2) is 13.8 Å². The Morgan fingerprint density at radius 2 is 1.97 bits per heavy atom. The van der Waals surface area contributed by atoms with Crippen molar-refractivity contribution in [3.05, 3.63) is 60.9 Å². The molecule has 1 fully saturated rings. The van der Waals surface area contributed by atoms with E-state index in [1.807, 2.05) is 4.98 Å². The summed E-state index contributed by atoms with van der Waals surface area (Å²) in [7, 11) is -4.31. The second kappa shape index (κ2) is 11.7. The Kier molecular flexibility index (Phi) is 9.35. The van der Waals surface area contributed by atoms with Crippen LogP contribution in [0.15, 0.2) is 46.1 Å². The lowest BCUT2D eigenvalue weighted by molar-refractivity contribution is -0.149. The molecule has 1 saturated heterocycles. The average Bonchev–Trinajstić information content (AvgIpc) is 3.03. The second-order valence-electron chi connectivity index (χ2n) is 8.80. The number of para-hydroxylation sites is 1. The van der Waals surface area contributed by atoms with E-state index >= 15 is 4.39 Å². The largest absolute Gasteiger partial charge is 0.462 e. The molecule has 37 heavy (non-hydrogen) atoms. The lowest BCUT2D eigenvalue weighted by Gasteiger charge is -2.25. The summed E-state index contributed by atoms with van der Waals surface area (Å²) < 4.78 is 51.8. The van der Waals surface area contributed by atoms with Crippen molar-refractivity contribution in [3.8, 4) is 5.75 Å². The van der Waals surface area contributed by atoms with Crippen LogP contribution in [0, 0.1) is 3.57 Å². The van der Waals surface area contributed by atoms with Gasteiger partial charge < -0.3 is 19.1 Å². The summed E-state index contributed by atoms with van der Waals surface area (Å²) in [4.78, 5) is 38.3. The molecule has 1 aromatic carbocycles. The standard InChI is InChI=1S/C22H28FIN3O9P/c1-12(2)34-19(30)13(3)26-37(32,36-14-8-6-5-7-9-14)33-11-16-17(28)22(4,23)20(35-16)27-10-15(24)18(29)25-21(27)31/h5-10,12-13,16-17,20,28H,11H2,1-4H3,(H,26,32)(H,25,29,31)/t13-,16-,17-,20?,22-,37?/m1/s1. The molecule has 204 valence electrons. The quantitative estimate of drug-likeness (QED) is 0.197. The highest BCUT2D eigenvalue weighted by Gasteiger charge is 2.56. The van der Waals surface area contributed by atoms with Crippen molar-refractivity contribution in [1.29, 1.82) is 0 Å². The minimum Gasteiger partial charge on any atom is -0.462 e. The fourth-order valence-electron chi connectivity index (χ4n) is 3.49. The van der Waals surface area contributed by atoms with Crippen LogP contribution in [0.2, 0.25) is 0 Å². The Morgan fingerprint density at radius 1 is 1.32 bits per heavy atom. The van der Waals surface area contributed by atoms with Crippen LogP contribution < -0.4 is 20.9 Å². The third-order valence-corrected chi connectivity index (χ3v) is 7.74. The van der Waals surface area contributed by atoms with Gasteiger partial charge in [-0.2, -0.15) is 5.09 Å². The maximum absolute atomic E-state index is 15.6. The summed E-state index contributed by atoms with van der Waals surface area (Å²) in [5, 5.41) is 13.1. The van der Waals surface area contributed by atoms with E-state index in [1.54, 1.807) is 54.6 Å². The van der Waals surface area contributed by atoms with Crippen molar-refractivity contribution in [2.45, 2.75) is 63.9 Å². The van der Waals surface area contributed by atoms with Crippen molar-refractivity contribution < 1.29 is 37.4 Å². The van der Waals surface area contributed by atoms with Gasteiger partial charge >= 0.3 is 19.4 Å². The van der Waals surface area contributed by atoms with Crippen LogP contribution in [0.1, 0.15) is 33.9 Å². The summed E-state index contributed by atoms with van der Waals surface area (Å²) >= 11 is 1.67. The highest BCUT2D eigenvalue weighted by atomic mass is 127. The Balaban J connectivity index is 1.82. The smallest absolute Gasteiger partial charge is 0.459 e. The molecule has 1 aliphatic heterocycles. The van der Waals surface area contributed by atoms with Crippen LogP contribution in [-0.4, -0.2) is 57.3 Å². The molecular weight excluding hydrogens is 627 g/mol. The van der Waals surface area contributed by atoms with Gasteiger partial charge in [0.15, 0.2) is 11.9 Å². The molecular formula is C22H28FIN3O9P. The summed E-state index contributed by atoms with van der Waals surface area (Å²) in [6.07, 6.45) is -4.16. The van der Waals surface area contributed by atoms with Crippen LogP contribution in [-0.2, 0) is 23.4 Å². The van der Waals surface area contributed by atoms with Crippen molar-refractivity contribution in [3.63, 3.8) is 0 Å². The molecule has 3 N–H and O–H groups in total. The minimum atomic E-state index is -4.31. The number of carbonyl (C=O) groups is 1. The number of benzene rings is 1. The Hall–Kier alpha value is -2.10. The number of aromatic amines is 1. The summed E-state index contributed by atoms with van der Waals surface area (Å²) in [5.74, 6) is -0.561. The zero-order valence-corrected chi connectivity index (χ0v) is 23.5. The maximum Gasteiger partial charge on any atom is 0.459 e. The monoisotopic (exact) mass is 655 g/mol. The normalized spacial score (nSPS) is 26.0. The Morgan fingerprint density at radius 3 is 2.59 bits per heavy atom. The van der Waals surface area contributed by atoms with Crippen LogP contribution in [0.25, 0.3) is 0 Å². The molecule has 3 rings (SSSR count). The third-order valence-electron chi connectivity index (χ3n) is 5.33. The fraction of sp³-hybridized carbons (Fsp3) is 0.500. The van der Waals surface area contributed by atoms with E-state index in [9.17, 15) is 24.1 Å². The molecule has 0 amide bonds. The van der Waals surface area contributed by atoms with E-state index < -0.39 is 67.8 Å². The number of aliphatic hydroxyl groups excluding tert-OH is 1. The van der Waals surface area contributed by atoms with E-state index in [1.165, 1.54) is 19.1 Å². The number of H-pyrrole nitrogens is 1. The van der Waals surface area contributed by atoms with Crippen molar-refractivity contribution in [2.75, 3.05) is 6.61 Å². The zero-order valence-electron chi connectivity index (χ0n) is 20.4. The van der Waals surface area contributed by atoms with Crippen LogP contribution >= 0.6 is 30.3 Å². The number of carbonyl (C=O) groups excluding carboxylic acids is 1. The SMILES string of the molecule is CC(C)OC(=O)[C@@H](C)NP(=O)(OC[C@H]1OC(n2cc(I)c(=O)[nH]c2=O)[C@](C)(F)[C@@H]1O)Oc1ccccc1. The van der Waals surface area contributed by atoms with Gasteiger partial charge in [-0.1, -0.05) is 18.2 Å². The molecule has 15 heteroatoms. The Bertz CT molecular complexity index is 1270. The van der Waals surface area contributed by atoms with E-state index in [4.69, 9.17) is 18.5 Å². The second-order valence-corrected chi connectivity index (χ2v) is 11.7. The molecule has 12 nitrogen and oxygen atoms in total. The van der Waals surface area contributed by atoms with E-state index in [0.717, 1.165) is 17.7 Å². The Labute approximate surface area is 225 Å². The van der Waals surface area contributed by atoms with Gasteiger partial charge in [0.25, 0.3) is 5.56 Å². The van der Waals surface area contributed by atoms with Gasteiger partial charge in [0.05, 0.1) is 16.3 Å². The van der Waals surface area contributed by atoms with Crippen LogP contribution in [0.5, 0.6) is 5.75 Å². The molecule has 0 spiro atoms. The van der Waals surface area contributed by atoms with Gasteiger partial charge in [-0.3, -0.25) is 23.7 Å². The fourth-order valence-corrected chi connectivity index (χ4v) is 5.43. The number of alkyl halides is 1. The van der Waals surface area contributed by atoms with Crippen LogP contribution in [0.3, 0.4) is 0 Å². The van der Waals surface area contributed by atoms with Gasteiger partial charge in [0.1, 0.15) is 24.0 Å². The van der Waals surface area contributed by atoms with E-state index in [2.05, 4.69) is 5.09 Å². The molecule has 0 bridgehead atoms. The first kappa shape index (κ1) is 29.5. The maximum atomic E-state index is 15.6. The molecule has 6 atom stereocenters. The van der Waals surface area contributed by atoms with Crippen LogP contribution in [0.4, 0.5) is 4.39 Å². The number of hydrogen-bond donors (Lipinski definition) is 3. The van der Waals surface area contributed by atoms with Crippen molar-refractivity contribution >= 4 is 36.3 Å². The van der Waals surface area contributed by atoms with Crippen molar-refractivity contribution in [2.24, 2.45) is 0 Å². The van der Waals surface area contributed by atoms with Gasteiger partial charge in [0, 0.05) is 6.20 Å². The molecule has 1 aliphatic rings. The van der Waals surface area contributed by atoms with Crippen molar-refractivity contribution in [1.82, 2.24) is 14.6 Å². The number of aromatic nitrogens is 2. The first-order chi connectivity index (χ1) is 17.2. The topological polar surface area (TPSA) is 158 Å². The molecule has 1 aromatic heterocycles. The number of halogens is 2. The predicted octanol–water partition coefficient (Wildman–Crippen LogP) is 2.26. The number of esters is 1. The average molecular weight is 655 g/mol. The lowest BCUT2D eigenvalue weighted by Crippen LogP contribution is -2.44. The molecule has 2 unspecified atom stereocenters. The first-order valence-electron chi connectivity index (χ1n) is 11.2. The highest BCUT2D eigenvalue weighted by Crippen LogP contribution is 2.47. The summed E-state index contributed by atoms with van der Waals surface area (Å²) in [5.41, 5.74) is -4.09. The number of nitrogens with zero attached hydrogens (tertiary/aromatic N) is 1. The number of hydrogen-bond acceptors (Lipinski definition) is 9. The molecule has 0 saturated carbocycles. The summed E-state index contributed by atoms with van der Waals surface area (Å²) in [6, 6.07) is 6.86. The number of ether oxygens (including phenoxy) is 2. The minimum absolute atomic E-state index is 0.0954. The highest BCUT2D eigenvalue weighted by molar-refractivity contribution is 14.1. The third kappa shape index (κ3) is 7.06. The van der Waals surface area contributed by atoms with Gasteiger partial charge in [0.2, 0.25) is 0 Å². The molecule has 0 radical (unpaired) electrons.